The molecule has 0 saturated heterocycles. The monoisotopic (exact) mass is 161 g/mol. The van der Waals surface area contributed by atoms with Crippen LogP contribution in [0, 0.1) is 18.3 Å². The molecule has 0 unspecified atom stereocenters. The molecule has 60 valence electrons. The highest BCUT2D eigenvalue weighted by Crippen LogP contribution is 2.11. The largest absolute Gasteiger partial charge is 0.200 e. The molecule has 0 heterocycles. The van der Waals surface area contributed by atoms with Gasteiger partial charge in [0.05, 0.1) is 0 Å². The van der Waals surface area contributed by atoms with Crippen LogP contribution in [-0.4, -0.2) is 0 Å². The number of rotatable bonds is 1. The molecule has 0 aliphatic heterocycles. The molecule has 0 atom stereocenters. The third-order valence-electron chi connectivity index (χ3n) is 1.58. The molecule has 12 heavy (non-hydrogen) atoms. The van der Waals surface area contributed by atoms with Crippen molar-refractivity contribution in [1.82, 2.24) is 0 Å². The Labute approximate surface area is 70.8 Å². The van der Waals surface area contributed by atoms with Crippen LogP contribution in [0.5, 0.6) is 0 Å². The average Bonchev–Trinajstić information content (AvgIpc) is 2.09. The maximum Gasteiger partial charge on any atom is 0.200 e. The van der Waals surface area contributed by atoms with Crippen molar-refractivity contribution in [2.45, 2.75) is 6.92 Å². The number of aryl methyl sites for hydroxylation is 1. The minimum absolute atomic E-state index is 0.747. The van der Waals surface area contributed by atoms with Gasteiger partial charge < -0.3 is 0 Å². The van der Waals surface area contributed by atoms with Crippen molar-refractivity contribution in [2.24, 2.45) is 0 Å². The predicted octanol–water partition coefficient (Wildman–Crippen LogP) is 2.83. The third-order valence-corrected chi connectivity index (χ3v) is 1.58. The van der Waals surface area contributed by atoms with Gasteiger partial charge in [0.1, 0.15) is 6.07 Å². The molecule has 0 bridgehead atoms. The van der Waals surface area contributed by atoms with Crippen LogP contribution in [0.2, 0.25) is 0 Å². The second kappa shape index (κ2) is 3.68. The molecule has 0 aliphatic carbocycles. The average molecular weight is 161 g/mol. The highest BCUT2D eigenvalue weighted by molar-refractivity contribution is 5.57. The molecular formula is C10H8FN. The van der Waals surface area contributed by atoms with Crippen molar-refractivity contribution >= 4 is 6.08 Å². The predicted molar refractivity (Wildman–Crippen MR) is 45.9 cm³/mol. The van der Waals surface area contributed by atoms with Crippen molar-refractivity contribution in [3.8, 4) is 6.07 Å². The summed E-state index contributed by atoms with van der Waals surface area (Å²) in [5.41, 5.74) is 1.71. The first kappa shape index (κ1) is 8.48. The van der Waals surface area contributed by atoms with Gasteiger partial charge in [-0.15, -0.1) is 0 Å². The second-order valence-electron chi connectivity index (χ2n) is 2.46. The summed E-state index contributed by atoms with van der Waals surface area (Å²) in [6, 6.07) is 8.76. The van der Waals surface area contributed by atoms with Crippen LogP contribution in [-0.2, 0) is 0 Å². The topological polar surface area (TPSA) is 23.8 Å². The van der Waals surface area contributed by atoms with Crippen LogP contribution in [0.1, 0.15) is 11.1 Å². The molecule has 0 amide bonds. The number of benzene rings is 1. The van der Waals surface area contributed by atoms with E-state index in [1.54, 1.807) is 6.07 Å². The Balaban J connectivity index is 3.06. The van der Waals surface area contributed by atoms with Crippen molar-refractivity contribution in [3.63, 3.8) is 0 Å². The first-order chi connectivity index (χ1) is 5.74. The zero-order valence-corrected chi connectivity index (χ0v) is 6.71. The van der Waals surface area contributed by atoms with E-state index in [0.29, 0.717) is 0 Å². The first-order valence-corrected chi connectivity index (χ1v) is 3.57. The normalized spacial score (nSPS) is 10.9. The molecular weight excluding hydrogens is 153 g/mol. The van der Waals surface area contributed by atoms with Crippen molar-refractivity contribution in [3.05, 3.63) is 41.2 Å². The van der Waals surface area contributed by atoms with E-state index in [-0.39, 0.29) is 0 Å². The standard InChI is InChI=1S/C10H8FN/c1-8-4-2-3-5-9(8)6-10(11)7-12/h2-6H,1H3/b10-6+. The molecule has 1 aromatic rings. The van der Waals surface area contributed by atoms with Gasteiger partial charge in [-0.2, -0.15) is 9.65 Å². The van der Waals surface area contributed by atoms with Gasteiger partial charge in [-0.25, -0.2) is 0 Å². The summed E-state index contributed by atoms with van der Waals surface area (Å²) < 4.78 is 12.5. The first-order valence-electron chi connectivity index (χ1n) is 3.57. The van der Waals surface area contributed by atoms with Gasteiger partial charge in [-0.1, -0.05) is 24.3 Å². The number of hydrogen-bond acceptors (Lipinski definition) is 1. The van der Waals surface area contributed by atoms with E-state index in [1.807, 2.05) is 25.1 Å². The molecule has 0 aromatic heterocycles. The molecule has 0 saturated carbocycles. The number of allylic oxidation sites excluding steroid dienone is 1. The summed E-state index contributed by atoms with van der Waals surface area (Å²) in [4.78, 5) is 0. The SMILES string of the molecule is Cc1ccccc1/C=C(/F)C#N. The van der Waals surface area contributed by atoms with Gasteiger partial charge in [0.15, 0.2) is 0 Å². The summed E-state index contributed by atoms with van der Waals surface area (Å²) >= 11 is 0. The van der Waals surface area contributed by atoms with Gasteiger partial charge in [-0.05, 0) is 24.1 Å². The molecule has 1 aromatic carbocycles. The van der Waals surface area contributed by atoms with E-state index in [4.69, 9.17) is 5.26 Å². The van der Waals surface area contributed by atoms with E-state index < -0.39 is 5.83 Å². The van der Waals surface area contributed by atoms with Crippen LogP contribution in [0.15, 0.2) is 30.1 Å². The summed E-state index contributed by atoms with van der Waals surface area (Å²) in [7, 11) is 0. The highest BCUT2D eigenvalue weighted by Gasteiger charge is 1.95. The van der Waals surface area contributed by atoms with E-state index in [9.17, 15) is 4.39 Å². The molecule has 0 aliphatic rings. The van der Waals surface area contributed by atoms with Crippen LogP contribution in [0.25, 0.3) is 6.08 Å². The summed E-state index contributed by atoms with van der Waals surface area (Å²) in [5.74, 6) is -0.760. The van der Waals surface area contributed by atoms with Crippen molar-refractivity contribution < 1.29 is 4.39 Å². The Hall–Kier alpha value is -1.62. The second-order valence-corrected chi connectivity index (χ2v) is 2.46. The summed E-state index contributed by atoms with van der Waals surface area (Å²) in [6.45, 7) is 1.87. The summed E-state index contributed by atoms with van der Waals surface area (Å²) in [5, 5.41) is 8.19. The van der Waals surface area contributed by atoms with E-state index in [0.717, 1.165) is 11.1 Å². The van der Waals surface area contributed by atoms with E-state index >= 15 is 0 Å². The fourth-order valence-electron chi connectivity index (χ4n) is 0.918. The Morgan fingerprint density at radius 2 is 2.17 bits per heavy atom. The Morgan fingerprint density at radius 1 is 1.50 bits per heavy atom. The lowest BCUT2D eigenvalue weighted by molar-refractivity contribution is 0.679. The molecule has 0 radical (unpaired) electrons. The van der Waals surface area contributed by atoms with E-state index in [1.165, 1.54) is 12.1 Å². The van der Waals surface area contributed by atoms with E-state index in [2.05, 4.69) is 0 Å². The van der Waals surface area contributed by atoms with Gasteiger partial charge in [0.25, 0.3) is 0 Å². The molecule has 0 N–H and O–H groups in total. The number of halogens is 1. The van der Waals surface area contributed by atoms with Crippen molar-refractivity contribution in [2.75, 3.05) is 0 Å². The lowest BCUT2D eigenvalue weighted by Crippen LogP contribution is -1.78. The van der Waals surface area contributed by atoms with Crippen molar-refractivity contribution in [1.29, 1.82) is 5.26 Å². The maximum absolute atomic E-state index is 12.5. The van der Waals surface area contributed by atoms with Crippen LogP contribution in [0.3, 0.4) is 0 Å². The number of nitriles is 1. The minimum atomic E-state index is -0.760. The molecule has 0 fully saturated rings. The third kappa shape index (κ3) is 1.93. The van der Waals surface area contributed by atoms with Crippen LogP contribution in [0.4, 0.5) is 4.39 Å². The fraction of sp³-hybridized carbons (Fsp3) is 0.100. The van der Waals surface area contributed by atoms with Crippen LogP contribution >= 0.6 is 0 Å². The zero-order valence-electron chi connectivity index (χ0n) is 6.71. The lowest BCUT2D eigenvalue weighted by atomic mass is 10.1. The summed E-state index contributed by atoms with van der Waals surface area (Å²) in [6.07, 6.45) is 1.23. The molecule has 0 spiro atoms. The smallest absolute Gasteiger partial charge is 0.195 e. The number of hydrogen-bond donors (Lipinski definition) is 0. The number of nitrogens with zero attached hydrogens (tertiary/aromatic N) is 1. The maximum atomic E-state index is 12.5. The zero-order chi connectivity index (χ0) is 8.97. The quantitative estimate of drug-likeness (QED) is 0.581. The Bertz CT molecular complexity index is 347. The highest BCUT2D eigenvalue weighted by atomic mass is 19.1. The van der Waals surface area contributed by atoms with Gasteiger partial charge in [0, 0.05) is 0 Å². The molecule has 1 nitrogen and oxygen atoms in total. The lowest BCUT2D eigenvalue weighted by Gasteiger charge is -1.96. The minimum Gasteiger partial charge on any atom is -0.195 e. The molecule has 1 rings (SSSR count). The van der Waals surface area contributed by atoms with Gasteiger partial charge in [0.2, 0.25) is 5.83 Å². The van der Waals surface area contributed by atoms with Crippen LogP contribution < -0.4 is 0 Å². The Morgan fingerprint density at radius 3 is 2.75 bits per heavy atom. The van der Waals surface area contributed by atoms with Gasteiger partial charge in [-0.3, -0.25) is 0 Å². The Kier molecular flexibility index (Phi) is 2.60. The molecule has 2 heteroatoms. The fourth-order valence-corrected chi connectivity index (χ4v) is 0.918. The van der Waals surface area contributed by atoms with Gasteiger partial charge >= 0.3 is 0 Å².